The fourth-order valence-electron chi connectivity index (χ4n) is 5.42. The molecule has 0 aromatic heterocycles. The van der Waals surface area contributed by atoms with Crippen molar-refractivity contribution in [2.45, 2.75) is 101 Å². The van der Waals surface area contributed by atoms with E-state index < -0.39 is 163 Å². The van der Waals surface area contributed by atoms with Gasteiger partial charge in [-0.05, 0) is 30.7 Å². The summed E-state index contributed by atoms with van der Waals surface area (Å²) in [5.74, 6) is -12.1. The summed E-state index contributed by atoms with van der Waals surface area (Å²) in [5, 5.41) is 41.0. The lowest BCUT2D eigenvalue weighted by Gasteiger charge is -2.28. The van der Waals surface area contributed by atoms with E-state index in [0.29, 0.717) is 5.56 Å². The number of nitrogens with one attached hydrogen (secondary N) is 6. The monoisotopic (exact) mass is 969 g/mol. The number of rotatable bonds is 31. The summed E-state index contributed by atoms with van der Waals surface area (Å²) in [6.07, 6.45) is -4.04. The molecule has 0 fully saturated rings. The van der Waals surface area contributed by atoms with Crippen molar-refractivity contribution in [2.24, 2.45) is 11.7 Å². The number of aliphatic carboxylic acids is 3. The number of carboxylic acid groups (broad SMARTS) is 3. The highest BCUT2D eigenvalue weighted by atomic mass is 31.2. The largest absolute Gasteiger partial charge is 0.481 e. The average Bonchev–Trinajstić information content (AvgIpc) is 3.19. The second-order valence-corrected chi connectivity index (χ2v) is 17.0. The van der Waals surface area contributed by atoms with Crippen molar-refractivity contribution in [3.63, 3.8) is 0 Å². The molecule has 364 valence electrons. The van der Waals surface area contributed by atoms with Crippen LogP contribution in [0.4, 0.5) is 0 Å². The molecule has 15 N–H and O–H groups in total. The molecule has 65 heavy (non-hydrogen) atoms. The van der Waals surface area contributed by atoms with Gasteiger partial charge in [0, 0.05) is 19.3 Å². The summed E-state index contributed by atoms with van der Waals surface area (Å²) in [6.45, 7) is 0.900. The first-order chi connectivity index (χ1) is 30.1. The van der Waals surface area contributed by atoms with E-state index in [1.165, 1.54) is 24.3 Å². The summed E-state index contributed by atoms with van der Waals surface area (Å²) in [7, 11) is -10.5. The first-order valence-corrected chi connectivity index (χ1v) is 22.3. The Morgan fingerprint density at radius 3 is 1.46 bits per heavy atom. The second kappa shape index (κ2) is 27.6. The van der Waals surface area contributed by atoms with Crippen molar-refractivity contribution < 1.29 is 101 Å². The van der Waals surface area contributed by atoms with E-state index in [2.05, 4.69) is 35.6 Å². The number of aldehydes is 1. The Hall–Kier alpha value is -5.70. The molecule has 0 radical (unpaired) electrons. The average molecular weight is 970 g/mol. The number of benzene rings is 1. The number of carbonyl (C=O) groups excluding carboxylic acids is 7. The number of amides is 6. The summed E-state index contributed by atoms with van der Waals surface area (Å²) in [5.41, 5.74) is 5.91. The van der Waals surface area contributed by atoms with E-state index >= 15 is 0 Å². The molecule has 0 saturated heterocycles. The van der Waals surface area contributed by atoms with Crippen LogP contribution in [0.5, 0.6) is 0 Å². The number of nitrogens with two attached hydrogens (primary N) is 1. The third-order valence-corrected chi connectivity index (χ3v) is 9.47. The molecule has 0 aliphatic heterocycles. The van der Waals surface area contributed by atoms with E-state index in [-0.39, 0.29) is 18.6 Å². The van der Waals surface area contributed by atoms with Gasteiger partial charge in [0.2, 0.25) is 35.4 Å². The Labute approximate surface area is 369 Å². The quantitative estimate of drug-likeness (QED) is 0.0250. The number of phosphoric ester groups is 2. The normalized spacial score (nSPS) is 14.8. The molecular formula is C35H53N7O21P2. The van der Waals surface area contributed by atoms with Crippen LogP contribution in [0.3, 0.4) is 0 Å². The molecule has 0 saturated carbocycles. The molecule has 1 aromatic carbocycles. The van der Waals surface area contributed by atoms with E-state index in [1.54, 1.807) is 19.9 Å². The Bertz CT molecular complexity index is 1950. The van der Waals surface area contributed by atoms with Crippen molar-refractivity contribution in [2.75, 3.05) is 13.2 Å². The standard InChI is InChI=1S/C35H53N7O21P2/c1-18(2)12-24(33(53)37-20(15-43)14-29(48)49)40-32(52)23(9-11-28(46)47)38-31(51)22(8-10-27(44)45)39-34(54)25(13-19-6-4-3-5-7-19)41-35(55)26(17-63-65(59,60)61)42-30(50)21(36)16-62-64(56,57)58/h3-7,15,18,20-26H,8-14,16-17,36H2,1-2H3,(H,37,53)(H,38,51)(H,39,54)(H,40,52)(H,41,55)(H,42,50)(H,44,45)(H,46,47)(H,48,49)(H2,56,57,58)(H2,59,60,61)/t20-,21-,22-,23-,24-,25-,26-/m0/s1. The number of carbonyl (C=O) groups is 10. The van der Waals surface area contributed by atoms with Crippen LogP contribution in [0.25, 0.3) is 0 Å². The molecule has 28 nitrogen and oxygen atoms in total. The summed E-state index contributed by atoms with van der Waals surface area (Å²) < 4.78 is 31.1. The zero-order valence-corrected chi connectivity index (χ0v) is 36.6. The topological polar surface area (TPSA) is 463 Å². The first kappa shape index (κ1) is 57.3. The van der Waals surface area contributed by atoms with E-state index in [1.807, 2.05) is 5.32 Å². The highest BCUT2D eigenvalue weighted by Gasteiger charge is 2.35. The van der Waals surface area contributed by atoms with Crippen LogP contribution in [-0.4, -0.2) is 150 Å². The molecular weight excluding hydrogens is 916 g/mol. The summed E-state index contributed by atoms with van der Waals surface area (Å²) in [6, 6.07) is -4.75. The lowest BCUT2D eigenvalue weighted by Crippen LogP contribution is -2.60. The maximum atomic E-state index is 14.0. The van der Waals surface area contributed by atoms with Gasteiger partial charge in [-0.3, -0.25) is 52.2 Å². The Morgan fingerprint density at radius 1 is 0.600 bits per heavy atom. The fraction of sp³-hybridized carbons (Fsp3) is 0.543. The van der Waals surface area contributed by atoms with Crippen LogP contribution in [0.2, 0.25) is 0 Å². The first-order valence-electron chi connectivity index (χ1n) is 19.2. The lowest BCUT2D eigenvalue weighted by molar-refractivity contribution is -0.140. The van der Waals surface area contributed by atoms with Gasteiger partial charge in [0.15, 0.2) is 0 Å². The van der Waals surface area contributed by atoms with Crippen LogP contribution in [0, 0.1) is 5.92 Å². The number of phosphoric acid groups is 2. The molecule has 0 spiro atoms. The molecule has 1 aromatic rings. The van der Waals surface area contributed by atoms with Gasteiger partial charge >= 0.3 is 33.6 Å². The van der Waals surface area contributed by atoms with E-state index in [4.69, 9.17) is 20.6 Å². The van der Waals surface area contributed by atoms with Gasteiger partial charge in [-0.1, -0.05) is 44.2 Å². The maximum absolute atomic E-state index is 14.0. The molecule has 0 unspecified atom stereocenters. The minimum Gasteiger partial charge on any atom is -0.481 e. The molecule has 30 heteroatoms. The fourth-order valence-corrected chi connectivity index (χ4v) is 6.11. The zero-order chi connectivity index (χ0) is 49.7. The Kier molecular flexibility index (Phi) is 24.3. The van der Waals surface area contributed by atoms with Gasteiger partial charge in [-0.15, -0.1) is 0 Å². The van der Waals surface area contributed by atoms with Gasteiger partial charge in [0.1, 0.15) is 42.5 Å². The smallest absolute Gasteiger partial charge is 0.469 e. The molecule has 1 rings (SSSR count). The SMILES string of the molecule is CC(C)C[C@H](NC(=O)[C@H](CCC(=O)O)NC(=O)[C@H](CCC(=O)O)NC(=O)[C@H](Cc1ccccc1)NC(=O)[C@H](COP(=O)(O)O)NC(=O)[C@@H](N)COP(=O)(O)O)C(=O)N[C@H](C=O)CC(=O)O. The summed E-state index contributed by atoms with van der Waals surface area (Å²) >= 11 is 0. The van der Waals surface area contributed by atoms with Gasteiger partial charge < -0.3 is 77.3 Å². The van der Waals surface area contributed by atoms with Gasteiger partial charge in [-0.25, -0.2) is 9.13 Å². The molecule has 0 heterocycles. The predicted octanol–water partition coefficient (Wildman–Crippen LogP) is -3.87. The number of hydrogen-bond donors (Lipinski definition) is 14. The van der Waals surface area contributed by atoms with Crippen LogP contribution in [0.1, 0.15) is 57.9 Å². The van der Waals surface area contributed by atoms with Crippen LogP contribution in [-0.2, 0) is 72.5 Å². The number of hydrogen-bond acceptors (Lipinski definition) is 15. The van der Waals surface area contributed by atoms with Crippen molar-refractivity contribution in [1.29, 1.82) is 0 Å². The summed E-state index contributed by atoms with van der Waals surface area (Å²) in [4.78, 5) is 163. The maximum Gasteiger partial charge on any atom is 0.469 e. The predicted molar refractivity (Wildman–Crippen MR) is 217 cm³/mol. The van der Waals surface area contributed by atoms with Crippen LogP contribution < -0.4 is 37.6 Å². The van der Waals surface area contributed by atoms with Gasteiger partial charge in [-0.2, -0.15) is 0 Å². The Balaban J connectivity index is 3.56. The molecule has 7 atom stereocenters. The minimum atomic E-state index is -5.35. The number of carboxylic acids is 3. The van der Waals surface area contributed by atoms with Crippen molar-refractivity contribution in [3.05, 3.63) is 35.9 Å². The van der Waals surface area contributed by atoms with Crippen molar-refractivity contribution in [3.8, 4) is 0 Å². The highest BCUT2D eigenvalue weighted by Crippen LogP contribution is 2.36. The molecule has 6 amide bonds. The zero-order valence-electron chi connectivity index (χ0n) is 34.8. The lowest BCUT2D eigenvalue weighted by atomic mass is 10.0. The van der Waals surface area contributed by atoms with Crippen LogP contribution in [0.15, 0.2) is 30.3 Å². The Morgan fingerprint density at radius 2 is 1.02 bits per heavy atom. The third-order valence-electron chi connectivity index (χ3n) is 8.50. The third kappa shape index (κ3) is 24.8. The molecule has 0 aliphatic carbocycles. The van der Waals surface area contributed by atoms with Crippen molar-refractivity contribution in [1.82, 2.24) is 31.9 Å². The highest BCUT2D eigenvalue weighted by molar-refractivity contribution is 7.46. The van der Waals surface area contributed by atoms with Gasteiger partial charge in [0.25, 0.3) is 0 Å². The van der Waals surface area contributed by atoms with E-state index in [0.717, 1.165) is 0 Å². The molecule has 0 bridgehead atoms. The van der Waals surface area contributed by atoms with Crippen molar-refractivity contribution >= 4 is 75.3 Å². The minimum absolute atomic E-state index is 0.102. The second-order valence-electron chi connectivity index (χ2n) is 14.5. The van der Waals surface area contributed by atoms with E-state index in [9.17, 15) is 77.1 Å². The van der Waals surface area contributed by atoms with Gasteiger partial charge in [0.05, 0.1) is 25.7 Å². The van der Waals surface area contributed by atoms with Crippen LogP contribution >= 0.6 is 15.6 Å². The molecule has 0 aliphatic rings.